The summed E-state index contributed by atoms with van der Waals surface area (Å²) in [6.45, 7) is 8.98. The number of morpholine rings is 2. The fourth-order valence-electron chi connectivity index (χ4n) is 4.32. The summed E-state index contributed by atoms with van der Waals surface area (Å²) in [5, 5.41) is 10.9. The molecular weight excluding hydrogens is 364 g/mol. The van der Waals surface area contributed by atoms with E-state index in [2.05, 4.69) is 46.2 Å². The topological polar surface area (TPSA) is 45.2 Å². The Bertz CT molecular complexity index is 756. The highest BCUT2D eigenvalue weighted by Gasteiger charge is 2.21. The number of hydrogen-bond donors (Lipinski definition) is 1. The van der Waals surface area contributed by atoms with Gasteiger partial charge in [0.1, 0.15) is 5.75 Å². The Morgan fingerprint density at radius 1 is 0.828 bits per heavy atom. The Kier molecular flexibility index (Phi) is 7.17. The zero-order chi connectivity index (χ0) is 19.9. The molecule has 2 saturated heterocycles. The van der Waals surface area contributed by atoms with Gasteiger partial charge in [0.15, 0.2) is 0 Å². The molecule has 0 spiro atoms. The third-order valence-corrected chi connectivity index (χ3v) is 6.02. The maximum Gasteiger partial charge on any atom is 0.119 e. The van der Waals surface area contributed by atoms with Crippen LogP contribution in [0.25, 0.3) is 0 Å². The highest BCUT2D eigenvalue weighted by molar-refractivity contribution is 5.43. The van der Waals surface area contributed by atoms with E-state index in [-0.39, 0.29) is 5.92 Å². The van der Waals surface area contributed by atoms with Crippen molar-refractivity contribution in [1.82, 2.24) is 9.80 Å². The second-order valence-electron chi connectivity index (χ2n) is 7.99. The van der Waals surface area contributed by atoms with E-state index in [1.165, 1.54) is 5.56 Å². The highest BCUT2D eigenvalue weighted by atomic mass is 16.5. The van der Waals surface area contributed by atoms with Gasteiger partial charge in [0.2, 0.25) is 0 Å². The lowest BCUT2D eigenvalue weighted by atomic mass is 9.87. The van der Waals surface area contributed by atoms with Crippen molar-refractivity contribution >= 4 is 0 Å². The van der Waals surface area contributed by atoms with Crippen LogP contribution < -0.4 is 0 Å². The smallest absolute Gasteiger partial charge is 0.119 e. The molecule has 0 bridgehead atoms. The lowest BCUT2D eigenvalue weighted by Crippen LogP contribution is -2.37. The van der Waals surface area contributed by atoms with Crippen molar-refractivity contribution in [2.75, 3.05) is 59.2 Å². The van der Waals surface area contributed by atoms with Crippen LogP contribution in [-0.4, -0.2) is 74.1 Å². The third-order valence-electron chi connectivity index (χ3n) is 6.02. The van der Waals surface area contributed by atoms with Crippen molar-refractivity contribution in [3.8, 4) is 5.75 Å². The molecule has 2 aliphatic heterocycles. The van der Waals surface area contributed by atoms with Gasteiger partial charge in [-0.3, -0.25) is 9.80 Å². The first-order chi connectivity index (χ1) is 14.3. The summed E-state index contributed by atoms with van der Waals surface area (Å²) in [7, 11) is 0. The van der Waals surface area contributed by atoms with Gasteiger partial charge in [0.05, 0.1) is 26.4 Å². The molecule has 2 aromatic rings. The van der Waals surface area contributed by atoms with Crippen LogP contribution >= 0.6 is 0 Å². The van der Waals surface area contributed by atoms with Gasteiger partial charge in [-0.15, -0.1) is 0 Å². The molecule has 1 unspecified atom stereocenters. The molecule has 156 valence electrons. The molecule has 2 aliphatic rings. The minimum absolute atomic E-state index is 0.191. The first-order valence-corrected chi connectivity index (χ1v) is 10.8. The highest BCUT2D eigenvalue weighted by Crippen LogP contribution is 2.35. The van der Waals surface area contributed by atoms with Crippen molar-refractivity contribution in [2.24, 2.45) is 0 Å². The van der Waals surface area contributed by atoms with Crippen molar-refractivity contribution in [3.05, 3.63) is 65.2 Å². The van der Waals surface area contributed by atoms with Crippen molar-refractivity contribution in [3.63, 3.8) is 0 Å². The summed E-state index contributed by atoms with van der Waals surface area (Å²) in [4.78, 5) is 4.84. The molecule has 5 nitrogen and oxygen atoms in total. The second-order valence-corrected chi connectivity index (χ2v) is 7.99. The van der Waals surface area contributed by atoms with E-state index in [1.807, 2.05) is 12.1 Å². The molecule has 1 N–H and O–H groups in total. The number of phenolic OH excluding ortho intramolecular Hbond substituents is 1. The molecule has 0 radical (unpaired) electrons. The van der Waals surface area contributed by atoms with Crippen molar-refractivity contribution in [2.45, 2.75) is 18.9 Å². The molecule has 4 rings (SSSR count). The van der Waals surface area contributed by atoms with Crippen LogP contribution in [-0.2, 0) is 16.0 Å². The van der Waals surface area contributed by atoms with Crippen LogP contribution in [0.3, 0.4) is 0 Å². The predicted octanol–water partition coefficient (Wildman–Crippen LogP) is 3.08. The van der Waals surface area contributed by atoms with Crippen LogP contribution in [0.2, 0.25) is 0 Å². The summed E-state index contributed by atoms with van der Waals surface area (Å²) in [5.41, 5.74) is 3.44. The Morgan fingerprint density at radius 2 is 1.48 bits per heavy atom. The molecule has 2 fully saturated rings. The third kappa shape index (κ3) is 5.58. The van der Waals surface area contributed by atoms with Crippen LogP contribution in [0.1, 0.15) is 29.0 Å². The van der Waals surface area contributed by atoms with E-state index in [9.17, 15) is 5.11 Å². The average Bonchev–Trinajstić information content (AvgIpc) is 2.77. The second kappa shape index (κ2) is 10.2. The number of hydrogen-bond acceptors (Lipinski definition) is 5. The molecule has 0 aliphatic carbocycles. The fourth-order valence-corrected chi connectivity index (χ4v) is 4.32. The van der Waals surface area contributed by atoms with Gasteiger partial charge in [-0.2, -0.15) is 0 Å². The summed E-state index contributed by atoms with van der Waals surface area (Å²) < 4.78 is 10.9. The van der Waals surface area contributed by atoms with Gasteiger partial charge in [-0.05, 0) is 30.2 Å². The molecule has 0 saturated carbocycles. The Morgan fingerprint density at radius 3 is 2.14 bits per heavy atom. The fraction of sp³-hybridized carbons (Fsp3) is 0.500. The van der Waals surface area contributed by atoms with E-state index < -0.39 is 0 Å². The minimum atomic E-state index is 0.191. The predicted molar refractivity (Wildman–Crippen MR) is 114 cm³/mol. The maximum absolute atomic E-state index is 10.9. The molecule has 1 atom stereocenters. The molecular formula is C24H32N2O3. The monoisotopic (exact) mass is 396 g/mol. The standard InChI is InChI=1S/C24H32N2O3/c27-24-18-20(19-26-12-16-29-17-13-26)6-7-23(24)22(21-4-2-1-3-5-21)8-9-25-10-14-28-15-11-25/h1-7,18,22,27H,8-17,19H2. The first kappa shape index (κ1) is 20.4. The van der Waals surface area contributed by atoms with Crippen LogP contribution in [0, 0.1) is 0 Å². The molecule has 5 heteroatoms. The average molecular weight is 397 g/mol. The van der Waals surface area contributed by atoms with Gasteiger partial charge in [-0.25, -0.2) is 0 Å². The van der Waals surface area contributed by atoms with E-state index in [4.69, 9.17) is 9.47 Å². The van der Waals surface area contributed by atoms with Gasteiger partial charge >= 0.3 is 0 Å². The SMILES string of the molecule is Oc1cc(CN2CCOCC2)ccc1C(CCN1CCOCC1)c1ccccc1. The quantitative estimate of drug-likeness (QED) is 0.779. The van der Waals surface area contributed by atoms with E-state index in [0.717, 1.165) is 83.2 Å². The zero-order valence-corrected chi connectivity index (χ0v) is 17.1. The zero-order valence-electron chi connectivity index (χ0n) is 17.1. The number of benzene rings is 2. The molecule has 0 aromatic heterocycles. The molecule has 2 aromatic carbocycles. The lowest BCUT2D eigenvalue weighted by molar-refractivity contribution is 0.0341. The number of ether oxygens (including phenoxy) is 2. The largest absolute Gasteiger partial charge is 0.508 e. The molecule has 0 amide bonds. The van der Waals surface area contributed by atoms with E-state index in [1.54, 1.807) is 0 Å². The number of nitrogens with zero attached hydrogens (tertiary/aromatic N) is 2. The Hall–Kier alpha value is -1.92. The van der Waals surface area contributed by atoms with Gasteiger partial charge in [0.25, 0.3) is 0 Å². The Balaban J connectivity index is 1.49. The van der Waals surface area contributed by atoms with Crippen LogP contribution in [0.5, 0.6) is 5.75 Å². The first-order valence-electron chi connectivity index (χ1n) is 10.8. The molecule has 29 heavy (non-hydrogen) atoms. The van der Waals surface area contributed by atoms with Gasteiger partial charge in [-0.1, -0.05) is 42.5 Å². The molecule has 2 heterocycles. The van der Waals surface area contributed by atoms with E-state index >= 15 is 0 Å². The summed E-state index contributed by atoms with van der Waals surface area (Å²) in [6, 6.07) is 16.8. The van der Waals surface area contributed by atoms with Crippen molar-refractivity contribution < 1.29 is 14.6 Å². The van der Waals surface area contributed by atoms with Gasteiger partial charge in [0, 0.05) is 44.2 Å². The van der Waals surface area contributed by atoms with Gasteiger partial charge < -0.3 is 14.6 Å². The normalized spacial score (nSPS) is 19.9. The Labute approximate surface area is 173 Å². The summed E-state index contributed by atoms with van der Waals surface area (Å²) in [6.07, 6.45) is 0.986. The summed E-state index contributed by atoms with van der Waals surface area (Å²) >= 11 is 0. The van der Waals surface area contributed by atoms with Crippen LogP contribution in [0.4, 0.5) is 0 Å². The lowest BCUT2D eigenvalue weighted by Gasteiger charge is -2.29. The number of phenols is 1. The maximum atomic E-state index is 10.9. The number of aromatic hydroxyl groups is 1. The van der Waals surface area contributed by atoms with Crippen LogP contribution in [0.15, 0.2) is 48.5 Å². The summed E-state index contributed by atoms with van der Waals surface area (Å²) in [5.74, 6) is 0.600. The van der Waals surface area contributed by atoms with Crippen molar-refractivity contribution in [1.29, 1.82) is 0 Å². The number of rotatable bonds is 7. The minimum Gasteiger partial charge on any atom is -0.508 e. The van der Waals surface area contributed by atoms with E-state index in [0.29, 0.717) is 5.75 Å².